The fourth-order valence-electron chi connectivity index (χ4n) is 2.61. The molecule has 9 nitrogen and oxygen atoms in total. The number of amides is 4. The van der Waals surface area contributed by atoms with Crippen LogP contribution in [0, 0.1) is 0 Å². The van der Waals surface area contributed by atoms with Gasteiger partial charge in [0.15, 0.2) is 6.61 Å². The lowest BCUT2D eigenvalue weighted by atomic mass is 10.1. The Morgan fingerprint density at radius 2 is 1.74 bits per heavy atom. The molecule has 1 N–H and O–H groups in total. The fraction of sp³-hybridized carbons (Fsp3) is 0.389. The SMILES string of the molecule is CN(CC(=O)NC1CC1)C(=O)COC(=O)CN1C(=O)c2ccccc2C1=O. The van der Waals surface area contributed by atoms with E-state index < -0.39 is 36.8 Å². The number of imide groups is 1. The first-order chi connectivity index (χ1) is 12.9. The van der Waals surface area contributed by atoms with E-state index in [2.05, 4.69) is 5.32 Å². The van der Waals surface area contributed by atoms with Crippen molar-refractivity contribution in [3.8, 4) is 0 Å². The highest BCUT2D eigenvalue weighted by Gasteiger charge is 2.36. The average molecular weight is 373 g/mol. The summed E-state index contributed by atoms with van der Waals surface area (Å²) in [5, 5.41) is 2.75. The molecule has 9 heteroatoms. The standard InChI is InChI=1S/C18H19N3O6/c1-20(8-14(22)19-11-6-7-11)15(23)10-27-16(24)9-21-17(25)12-4-2-3-5-13(12)18(21)26/h2-5,11H,6-10H2,1H3,(H,19,22). The van der Waals surface area contributed by atoms with Crippen molar-refractivity contribution in [2.75, 3.05) is 26.7 Å². The fourth-order valence-corrected chi connectivity index (χ4v) is 2.61. The van der Waals surface area contributed by atoms with Gasteiger partial charge in [0.1, 0.15) is 6.54 Å². The number of benzene rings is 1. The van der Waals surface area contributed by atoms with E-state index in [0.717, 1.165) is 22.6 Å². The summed E-state index contributed by atoms with van der Waals surface area (Å²) >= 11 is 0. The molecular weight excluding hydrogens is 354 g/mol. The third-order valence-electron chi connectivity index (χ3n) is 4.27. The third-order valence-corrected chi connectivity index (χ3v) is 4.27. The zero-order valence-corrected chi connectivity index (χ0v) is 14.8. The van der Waals surface area contributed by atoms with E-state index in [9.17, 15) is 24.0 Å². The zero-order valence-electron chi connectivity index (χ0n) is 14.8. The van der Waals surface area contributed by atoms with Gasteiger partial charge in [0, 0.05) is 13.1 Å². The quantitative estimate of drug-likeness (QED) is 0.512. The smallest absolute Gasteiger partial charge is 0.326 e. The topological polar surface area (TPSA) is 113 Å². The average Bonchev–Trinajstić information content (AvgIpc) is 3.42. The predicted octanol–water partition coefficient (Wildman–Crippen LogP) is -0.437. The Labute approximate surface area is 155 Å². The Morgan fingerprint density at radius 3 is 2.30 bits per heavy atom. The van der Waals surface area contributed by atoms with Crippen LogP contribution in [0.15, 0.2) is 24.3 Å². The van der Waals surface area contributed by atoms with Crippen LogP contribution in [0.5, 0.6) is 0 Å². The van der Waals surface area contributed by atoms with Crippen LogP contribution in [0.3, 0.4) is 0 Å². The molecular formula is C18H19N3O6. The number of rotatable bonds is 7. The van der Waals surface area contributed by atoms with Crippen molar-refractivity contribution in [3.63, 3.8) is 0 Å². The molecule has 1 aliphatic carbocycles. The van der Waals surface area contributed by atoms with E-state index in [0.29, 0.717) is 0 Å². The molecule has 0 radical (unpaired) electrons. The number of likely N-dealkylation sites (N-methyl/N-ethyl adjacent to an activating group) is 1. The Bertz CT molecular complexity index is 782. The first kappa shape index (κ1) is 18.6. The molecule has 0 bridgehead atoms. The number of carbonyl (C=O) groups is 5. The van der Waals surface area contributed by atoms with Gasteiger partial charge in [0.2, 0.25) is 5.91 Å². The van der Waals surface area contributed by atoms with Gasteiger partial charge in [-0.25, -0.2) is 0 Å². The molecule has 1 aromatic carbocycles. The number of fused-ring (bicyclic) bond motifs is 1. The minimum Gasteiger partial charge on any atom is -0.454 e. The largest absolute Gasteiger partial charge is 0.454 e. The van der Waals surface area contributed by atoms with E-state index in [-0.39, 0.29) is 29.6 Å². The number of ether oxygens (including phenoxy) is 1. The van der Waals surface area contributed by atoms with Crippen LogP contribution in [-0.2, 0) is 19.1 Å². The number of hydrogen-bond donors (Lipinski definition) is 1. The summed E-state index contributed by atoms with van der Waals surface area (Å²) in [4.78, 5) is 61.8. The summed E-state index contributed by atoms with van der Waals surface area (Å²) in [7, 11) is 1.42. The van der Waals surface area contributed by atoms with Crippen LogP contribution >= 0.6 is 0 Å². The number of nitrogens with zero attached hydrogens (tertiary/aromatic N) is 2. The van der Waals surface area contributed by atoms with Gasteiger partial charge in [-0.05, 0) is 25.0 Å². The maximum atomic E-state index is 12.2. The Morgan fingerprint density at radius 1 is 1.15 bits per heavy atom. The molecule has 2 aliphatic rings. The van der Waals surface area contributed by atoms with Gasteiger partial charge in [0.25, 0.3) is 17.7 Å². The number of esters is 1. The van der Waals surface area contributed by atoms with Gasteiger partial charge >= 0.3 is 5.97 Å². The Hall–Kier alpha value is -3.23. The molecule has 1 heterocycles. The molecule has 0 aromatic heterocycles. The van der Waals surface area contributed by atoms with Crippen molar-refractivity contribution in [1.29, 1.82) is 0 Å². The van der Waals surface area contributed by atoms with Crippen molar-refractivity contribution in [3.05, 3.63) is 35.4 Å². The van der Waals surface area contributed by atoms with Crippen LogP contribution in [0.4, 0.5) is 0 Å². The van der Waals surface area contributed by atoms with Gasteiger partial charge < -0.3 is 15.0 Å². The van der Waals surface area contributed by atoms with Crippen molar-refractivity contribution in [1.82, 2.24) is 15.1 Å². The molecule has 1 saturated carbocycles. The lowest BCUT2D eigenvalue weighted by Crippen LogP contribution is -2.41. The highest BCUT2D eigenvalue weighted by molar-refractivity contribution is 6.22. The van der Waals surface area contributed by atoms with Crippen LogP contribution in [0.1, 0.15) is 33.6 Å². The van der Waals surface area contributed by atoms with Crippen molar-refractivity contribution < 1.29 is 28.7 Å². The van der Waals surface area contributed by atoms with Crippen LogP contribution in [0.2, 0.25) is 0 Å². The molecule has 1 aromatic rings. The minimum atomic E-state index is -0.881. The summed E-state index contributed by atoms with van der Waals surface area (Å²) in [6, 6.07) is 6.45. The molecule has 27 heavy (non-hydrogen) atoms. The van der Waals surface area contributed by atoms with Gasteiger partial charge in [-0.15, -0.1) is 0 Å². The predicted molar refractivity (Wildman–Crippen MR) is 91.6 cm³/mol. The van der Waals surface area contributed by atoms with Gasteiger partial charge in [-0.3, -0.25) is 28.9 Å². The normalized spacial score (nSPS) is 15.4. The second-order valence-corrected chi connectivity index (χ2v) is 6.49. The number of hydrogen-bond acceptors (Lipinski definition) is 6. The number of carbonyl (C=O) groups excluding carboxylic acids is 5. The van der Waals surface area contributed by atoms with Crippen LogP contribution < -0.4 is 5.32 Å². The van der Waals surface area contributed by atoms with Crippen LogP contribution in [-0.4, -0.2) is 72.2 Å². The second-order valence-electron chi connectivity index (χ2n) is 6.49. The summed E-state index contributed by atoms with van der Waals surface area (Å²) in [6.07, 6.45) is 1.89. The lowest BCUT2D eigenvalue weighted by Gasteiger charge is -2.17. The van der Waals surface area contributed by atoms with Crippen molar-refractivity contribution >= 4 is 29.6 Å². The van der Waals surface area contributed by atoms with Gasteiger partial charge in [0.05, 0.1) is 17.7 Å². The third kappa shape index (κ3) is 4.30. The molecule has 0 atom stereocenters. The molecule has 1 aliphatic heterocycles. The first-order valence-corrected chi connectivity index (χ1v) is 8.51. The van der Waals surface area contributed by atoms with Gasteiger partial charge in [-0.1, -0.05) is 12.1 Å². The van der Waals surface area contributed by atoms with Gasteiger partial charge in [-0.2, -0.15) is 0 Å². The Kier molecular flexibility index (Phi) is 5.20. The highest BCUT2D eigenvalue weighted by Crippen LogP contribution is 2.22. The first-order valence-electron chi connectivity index (χ1n) is 8.51. The van der Waals surface area contributed by atoms with E-state index in [1.165, 1.54) is 19.2 Å². The maximum Gasteiger partial charge on any atom is 0.326 e. The summed E-state index contributed by atoms with van der Waals surface area (Å²) < 4.78 is 4.85. The molecule has 142 valence electrons. The summed E-state index contributed by atoms with van der Waals surface area (Å²) in [6.45, 7) is -1.29. The van der Waals surface area contributed by atoms with Crippen molar-refractivity contribution in [2.24, 2.45) is 0 Å². The summed E-state index contributed by atoms with van der Waals surface area (Å²) in [5.41, 5.74) is 0.459. The summed E-state index contributed by atoms with van der Waals surface area (Å²) in [5.74, 6) is -2.86. The molecule has 0 saturated heterocycles. The molecule has 3 rings (SSSR count). The monoisotopic (exact) mass is 373 g/mol. The molecule has 1 fully saturated rings. The molecule has 0 spiro atoms. The van der Waals surface area contributed by atoms with E-state index >= 15 is 0 Å². The molecule has 4 amide bonds. The zero-order chi connectivity index (χ0) is 19.6. The number of nitrogens with one attached hydrogen (secondary N) is 1. The minimum absolute atomic E-state index is 0.134. The maximum absolute atomic E-state index is 12.2. The molecule has 0 unspecified atom stereocenters. The second kappa shape index (κ2) is 7.56. The van der Waals surface area contributed by atoms with E-state index in [1.54, 1.807) is 12.1 Å². The van der Waals surface area contributed by atoms with E-state index in [1.807, 2.05) is 0 Å². The Balaban J connectivity index is 1.45. The lowest BCUT2D eigenvalue weighted by molar-refractivity contribution is -0.152. The van der Waals surface area contributed by atoms with Crippen molar-refractivity contribution in [2.45, 2.75) is 18.9 Å². The van der Waals surface area contributed by atoms with Crippen LogP contribution in [0.25, 0.3) is 0 Å². The van der Waals surface area contributed by atoms with E-state index in [4.69, 9.17) is 4.74 Å². The highest BCUT2D eigenvalue weighted by atomic mass is 16.5.